The van der Waals surface area contributed by atoms with Crippen LogP contribution in [-0.4, -0.2) is 95.9 Å². The van der Waals surface area contributed by atoms with E-state index in [1.54, 1.807) is 0 Å². The number of rotatable bonds is 76. The molecule has 0 radical (unpaired) electrons. The molecule has 0 aromatic heterocycles. The van der Waals surface area contributed by atoms with Crippen molar-refractivity contribution >= 4 is 33.6 Å². The molecule has 0 bridgehead atoms. The van der Waals surface area contributed by atoms with Gasteiger partial charge >= 0.3 is 33.6 Å². The lowest BCUT2D eigenvalue weighted by molar-refractivity contribution is -0.161. The molecule has 4 N–H and O–H groups in total. The van der Waals surface area contributed by atoms with Gasteiger partial charge in [0.15, 0.2) is 6.10 Å². The van der Waals surface area contributed by atoms with Gasteiger partial charge in [0, 0.05) is 19.3 Å². The molecule has 5 unspecified atom stereocenters. The van der Waals surface area contributed by atoms with E-state index < -0.39 is 91.5 Å². The summed E-state index contributed by atoms with van der Waals surface area (Å²) in [6, 6.07) is 0. The Bertz CT molecular complexity index is 2670. The van der Waals surface area contributed by atoms with E-state index in [0.717, 1.165) is 186 Å². The number of hydrogen-bond donors (Lipinski definition) is 4. The first-order valence-electron chi connectivity index (χ1n) is 41.1. The Morgan fingerprint density at radius 2 is 0.467 bits per heavy atom. The van der Waals surface area contributed by atoms with Crippen LogP contribution in [0.25, 0.3) is 0 Å². The van der Waals surface area contributed by atoms with Crippen molar-refractivity contribution in [2.45, 2.75) is 322 Å². The van der Waals surface area contributed by atoms with Crippen molar-refractivity contribution in [2.24, 2.45) is 0 Å². The minimum atomic E-state index is -4.95. The summed E-state index contributed by atoms with van der Waals surface area (Å²) in [7, 11) is -9.82. The number of aliphatic hydroxyl groups excluding tert-OH is 2. The maximum absolute atomic E-state index is 13.0. The van der Waals surface area contributed by atoms with Gasteiger partial charge in [-0.05, 0) is 154 Å². The van der Waals surface area contributed by atoms with E-state index in [1.165, 1.54) is 57.8 Å². The summed E-state index contributed by atoms with van der Waals surface area (Å²) in [4.78, 5) is 58.8. The topological polar surface area (TPSA) is 231 Å². The molecule has 16 nitrogen and oxygen atoms in total. The van der Waals surface area contributed by atoms with E-state index in [2.05, 4.69) is 203 Å². The maximum Gasteiger partial charge on any atom is 0.472 e. The Labute approximate surface area is 649 Å². The molecule has 0 saturated carbocycles. The Morgan fingerprint density at radius 3 is 0.738 bits per heavy atom. The first-order chi connectivity index (χ1) is 52.2. The summed E-state index contributed by atoms with van der Waals surface area (Å²) in [6.07, 6.45) is 104. The van der Waals surface area contributed by atoms with Crippen molar-refractivity contribution in [1.29, 1.82) is 0 Å². The van der Waals surface area contributed by atoms with Crippen LogP contribution in [0.2, 0.25) is 0 Å². The Balaban J connectivity index is 4.62. The zero-order valence-electron chi connectivity index (χ0n) is 66.5. The summed E-state index contributed by atoms with van der Waals surface area (Å²) < 4.78 is 61.2. The molecule has 0 spiro atoms. The number of phosphoric ester groups is 2. The molecule has 0 rings (SSSR count). The van der Waals surface area contributed by atoms with Gasteiger partial charge in [0.25, 0.3) is 0 Å². The second-order valence-electron chi connectivity index (χ2n) is 26.8. The lowest BCUT2D eigenvalue weighted by Crippen LogP contribution is -2.30. The molecule has 0 aliphatic carbocycles. The smallest absolute Gasteiger partial charge is 0.463 e. The van der Waals surface area contributed by atoms with Crippen molar-refractivity contribution in [2.75, 3.05) is 39.6 Å². The SMILES string of the molecule is CC/C=C\C/C=C\C/C=C\C/C=C\C/C=C\C/C=C\CCCCCCCCC(=O)OCC(COP(=O)(O)OCC(O)COP(=O)(O)OCC(O)COC(=O)CCCCCCCCCCCCCCC/C=C\C/C=C\C/C=C\C/C=C\C/C=C\CC)OC(=O)CCCCCC/C=C\C/C=C\C/C=C\C/C=C\CC. The predicted molar refractivity (Wildman–Crippen MR) is 445 cm³/mol. The lowest BCUT2D eigenvalue weighted by Gasteiger charge is -2.21. The third-order valence-electron chi connectivity index (χ3n) is 16.6. The highest BCUT2D eigenvalue weighted by atomic mass is 31.2. The van der Waals surface area contributed by atoms with Crippen LogP contribution < -0.4 is 0 Å². The molecule has 18 heteroatoms. The second-order valence-corrected chi connectivity index (χ2v) is 29.7. The monoisotopic (exact) mass is 1530 g/mol. The average molecular weight is 1530 g/mol. The highest BCUT2D eigenvalue weighted by Gasteiger charge is 2.29. The van der Waals surface area contributed by atoms with Gasteiger partial charge < -0.3 is 34.2 Å². The van der Waals surface area contributed by atoms with E-state index in [4.69, 9.17) is 32.3 Å². The minimum Gasteiger partial charge on any atom is -0.463 e. The molecule has 0 amide bonds. The number of carbonyl (C=O) groups excluding carboxylic acids is 3. The van der Waals surface area contributed by atoms with Gasteiger partial charge in [0.05, 0.1) is 26.4 Å². The Hall–Kier alpha value is -5.35. The first-order valence-corrected chi connectivity index (χ1v) is 44.1. The molecule has 608 valence electrons. The molecule has 0 fully saturated rings. The number of ether oxygens (including phenoxy) is 3. The van der Waals surface area contributed by atoms with Gasteiger partial charge in [-0.2, -0.15) is 0 Å². The second kappa shape index (κ2) is 80.2. The van der Waals surface area contributed by atoms with Crippen molar-refractivity contribution in [3.05, 3.63) is 182 Å². The highest BCUT2D eigenvalue weighted by Crippen LogP contribution is 2.45. The van der Waals surface area contributed by atoms with Gasteiger partial charge in [-0.3, -0.25) is 32.5 Å². The molecular weight excluding hydrogens is 1390 g/mol. The summed E-state index contributed by atoms with van der Waals surface area (Å²) in [5.41, 5.74) is 0. The van der Waals surface area contributed by atoms with Crippen molar-refractivity contribution in [3.63, 3.8) is 0 Å². The van der Waals surface area contributed by atoms with Gasteiger partial charge in [-0.15, -0.1) is 0 Å². The van der Waals surface area contributed by atoms with Crippen LogP contribution in [0.1, 0.15) is 303 Å². The summed E-state index contributed by atoms with van der Waals surface area (Å²) in [6.45, 7) is 2.29. The van der Waals surface area contributed by atoms with Gasteiger partial charge in [-0.25, -0.2) is 9.13 Å². The summed E-state index contributed by atoms with van der Waals surface area (Å²) in [5, 5.41) is 20.7. The molecule has 0 aliphatic rings. The van der Waals surface area contributed by atoms with Crippen LogP contribution >= 0.6 is 15.6 Å². The zero-order valence-corrected chi connectivity index (χ0v) is 68.3. The largest absolute Gasteiger partial charge is 0.472 e. The van der Waals surface area contributed by atoms with Gasteiger partial charge in [-0.1, -0.05) is 312 Å². The first kappa shape index (κ1) is 102. The Kier molecular flexibility index (Phi) is 76.2. The highest BCUT2D eigenvalue weighted by molar-refractivity contribution is 7.47. The minimum absolute atomic E-state index is 0.0664. The van der Waals surface area contributed by atoms with Crippen LogP contribution in [0.5, 0.6) is 0 Å². The third kappa shape index (κ3) is 81.5. The maximum atomic E-state index is 13.0. The molecule has 0 aromatic rings. The average Bonchev–Trinajstić information content (AvgIpc) is 0.927. The van der Waals surface area contributed by atoms with E-state index in [-0.39, 0.29) is 19.3 Å². The Morgan fingerprint density at radius 1 is 0.262 bits per heavy atom. The molecule has 0 aliphatic heterocycles. The van der Waals surface area contributed by atoms with Gasteiger partial charge in [0.2, 0.25) is 0 Å². The predicted octanol–water partition coefficient (Wildman–Crippen LogP) is 24.5. The van der Waals surface area contributed by atoms with Crippen molar-refractivity contribution < 1.29 is 75.8 Å². The summed E-state index contributed by atoms with van der Waals surface area (Å²) >= 11 is 0. The van der Waals surface area contributed by atoms with Gasteiger partial charge in [0.1, 0.15) is 25.4 Å². The molecule has 0 heterocycles. The van der Waals surface area contributed by atoms with E-state index in [1.807, 2.05) is 0 Å². The van der Waals surface area contributed by atoms with Crippen molar-refractivity contribution in [1.82, 2.24) is 0 Å². The molecule has 107 heavy (non-hydrogen) atoms. The number of esters is 3. The lowest BCUT2D eigenvalue weighted by atomic mass is 10.0. The molecular formula is C89H146O16P2. The van der Waals surface area contributed by atoms with Crippen LogP contribution in [0.15, 0.2) is 182 Å². The number of unbranched alkanes of at least 4 members (excludes halogenated alkanes) is 23. The number of phosphoric acid groups is 2. The zero-order chi connectivity index (χ0) is 78.0. The molecule has 0 aromatic carbocycles. The third-order valence-corrected chi connectivity index (χ3v) is 18.5. The number of hydrogen-bond acceptors (Lipinski definition) is 14. The molecule has 5 atom stereocenters. The number of aliphatic hydroxyl groups is 2. The fourth-order valence-corrected chi connectivity index (χ4v) is 12.1. The number of carbonyl (C=O) groups is 3. The van der Waals surface area contributed by atoms with E-state index in [9.17, 15) is 43.5 Å². The molecule has 0 saturated heterocycles. The standard InChI is InChI=1S/C89H146O16P2/c1-4-7-10-13-16-19-22-25-28-31-33-35-37-39-40-41-42-44-46-47-49-52-54-57-60-63-66-69-72-75-87(92)99-78-84(90)79-101-106(95,96)102-80-85(91)81-103-107(97,98)104-83-86(105-89(94)77-74-71-68-65-62-59-56-51-30-27-24-21-18-15-12-9-6-3)82-100-88(93)76-73-70-67-64-61-58-55-53-50-48-45-43-38-36-34-32-29-26-23-20-17-14-11-8-5-2/h7-12,16-21,25-30,33-36,39-40,43,45,50,53,56,59,84-86,90-91H,4-6,13-15,22-24,31-32,37-38,41-42,44,46-49,51-52,54-55,57-58,60-83H2,1-3H3,(H,95,96)(H,97,98)/b10-7-,11-8-,12-9-,19-16-,20-17-,21-18-,28-25-,29-26-,30-27-,35-33-,36-34-,40-39-,45-43-,53-50-,59-56-. The quantitative estimate of drug-likeness (QED) is 0.0146. The van der Waals surface area contributed by atoms with Crippen molar-refractivity contribution in [3.8, 4) is 0 Å². The van der Waals surface area contributed by atoms with E-state index in [0.29, 0.717) is 19.3 Å². The van der Waals surface area contributed by atoms with Crippen LogP contribution in [0, 0.1) is 0 Å². The van der Waals surface area contributed by atoms with Crippen LogP contribution in [0.4, 0.5) is 0 Å². The fourth-order valence-electron chi connectivity index (χ4n) is 10.5. The fraction of sp³-hybridized carbons (Fsp3) is 0.629. The normalized spacial score (nSPS) is 14.9. The summed E-state index contributed by atoms with van der Waals surface area (Å²) in [5.74, 6) is -1.63. The van der Waals surface area contributed by atoms with Crippen LogP contribution in [0.3, 0.4) is 0 Å². The van der Waals surface area contributed by atoms with E-state index >= 15 is 0 Å². The van der Waals surface area contributed by atoms with Crippen LogP contribution in [-0.2, 0) is 55.8 Å². The number of allylic oxidation sites excluding steroid dienone is 30.